The van der Waals surface area contributed by atoms with Gasteiger partial charge in [-0.15, -0.1) is 0 Å². The Morgan fingerprint density at radius 3 is 2.77 bits per heavy atom. The summed E-state index contributed by atoms with van der Waals surface area (Å²) in [6.45, 7) is 3.70. The van der Waals surface area contributed by atoms with E-state index in [0.29, 0.717) is 12.4 Å². The van der Waals surface area contributed by atoms with Crippen molar-refractivity contribution in [3.8, 4) is 11.4 Å². The van der Waals surface area contributed by atoms with Gasteiger partial charge in [0.15, 0.2) is 5.82 Å². The molecular weight excluding hydrogens is 386 g/mol. The van der Waals surface area contributed by atoms with Crippen molar-refractivity contribution in [2.45, 2.75) is 37.6 Å². The van der Waals surface area contributed by atoms with Gasteiger partial charge in [-0.1, -0.05) is 30.3 Å². The summed E-state index contributed by atoms with van der Waals surface area (Å²) < 4.78 is 0. The number of piperidine rings is 1. The number of hydrogen-bond acceptors (Lipinski definition) is 6. The minimum absolute atomic E-state index is 0.0674. The van der Waals surface area contributed by atoms with Crippen LogP contribution >= 0.6 is 0 Å². The number of nitrogens with one attached hydrogen (secondary N) is 1. The number of aliphatic hydroxyl groups excluding tert-OH is 1. The zero-order valence-electron chi connectivity index (χ0n) is 17.8. The molecule has 1 spiro atoms. The first-order valence-corrected chi connectivity index (χ1v) is 11.2. The average molecular weight is 416 g/mol. The minimum Gasteiger partial charge on any atom is -0.395 e. The molecule has 3 aromatic rings. The van der Waals surface area contributed by atoms with E-state index < -0.39 is 0 Å². The summed E-state index contributed by atoms with van der Waals surface area (Å²) in [4.78, 5) is 16.8. The molecule has 2 aliphatic rings. The van der Waals surface area contributed by atoms with Crippen LogP contribution in [-0.4, -0.2) is 51.2 Å². The lowest BCUT2D eigenvalue weighted by Gasteiger charge is -2.40. The predicted octanol–water partition coefficient (Wildman–Crippen LogP) is 3.42. The molecule has 6 nitrogen and oxygen atoms in total. The van der Waals surface area contributed by atoms with Crippen LogP contribution in [0.3, 0.4) is 0 Å². The summed E-state index contributed by atoms with van der Waals surface area (Å²) in [6, 6.07) is 14.7. The van der Waals surface area contributed by atoms with Gasteiger partial charge in [0, 0.05) is 48.6 Å². The number of rotatable bonds is 6. The van der Waals surface area contributed by atoms with E-state index in [4.69, 9.17) is 9.97 Å². The van der Waals surface area contributed by atoms with Gasteiger partial charge in [0.1, 0.15) is 5.82 Å². The third kappa shape index (κ3) is 4.05. The zero-order valence-corrected chi connectivity index (χ0v) is 17.8. The maximum Gasteiger partial charge on any atom is 0.163 e. The molecule has 0 bridgehead atoms. The van der Waals surface area contributed by atoms with Crippen LogP contribution in [0.4, 0.5) is 5.82 Å². The topological polar surface area (TPSA) is 74.2 Å². The molecule has 1 fully saturated rings. The third-order valence-electron chi connectivity index (χ3n) is 6.59. The summed E-state index contributed by atoms with van der Waals surface area (Å²) in [6.07, 6.45) is 8.02. The molecule has 3 heterocycles. The Morgan fingerprint density at radius 1 is 1.06 bits per heavy atom. The quantitative estimate of drug-likeness (QED) is 0.643. The Bertz CT molecular complexity index is 1030. The van der Waals surface area contributed by atoms with Gasteiger partial charge in [0.25, 0.3) is 0 Å². The summed E-state index contributed by atoms with van der Waals surface area (Å²) in [5.41, 5.74) is 4.78. The molecule has 0 saturated carbocycles. The van der Waals surface area contributed by atoms with Gasteiger partial charge in [-0.05, 0) is 49.9 Å². The van der Waals surface area contributed by atoms with E-state index in [1.54, 1.807) is 6.20 Å². The Hall–Kier alpha value is -2.83. The van der Waals surface area contributed by atoms with Crippen LogP contribution in [-0.2, 0) is 18.4 Å². The van der Waals surface area contributed by atoms with Crippen molar-refractivity contribution in [1.82, 2.24) is 19.9 Å². The second kappa shape index (κ2) is 8.73. The van der Waals surface area contributed by atoms with Crippen molar-refractivity contribution < 1.29 is 5.11 Å². The number of fused-ring (bicyclic) bond motifs is 2. The number of aromatic nitrogens is 3. The average Bonchev–Trinajstić information content (AvgIpc) is 3.16. The van der Waals surface area contributed by atoms with Crippen LogP contribution in [0.1, 0.15) is 36.1 Å². The molecule has 31 heavy (non-hydrogen) atoms. The lowest BCUT2D eigenvalue weighted by atomic mass is 9.77. The fraction of sp³-hybridized carbons (Fsp3) is 0.400. The number of pyridine rings is 1. The van der Waals surface area contributed by atoms with Crippen molar-refractivity contribution in [2.24, 2.45) is 0 Å². The lowest BCUT2D eigenvalue weighted by molar-refractivity contribution is 0.137. The molecule has 1 aromatic carbocycles. The molecule has 1 aliphatic carbocycles. The predicted molar refractivity (Wildman–Crippen MR) is 122 cm³/mol. The maximum atomic E-state index is 9.36. The van der Waals surface area contributed by atoms with Crippen LogP contribution in [0.5, 0.6) is 0 Å². The number of aliphatic hydroxyl groups is 1. The van der Waals surface area contributed by atoms with Crippen molar-refractivity contribution in [3.63, 3.8) is 0 Å². The first-order valence-electron chi connectivity index (χ1n) is 11.2. The van der Waals surface area contributed by atoms with Gasteiger partial charge >= 0.3 is 0 Å². The van der Waals surface area contributed by atoms with E-state index in [-0.39, 0.29) is 12.0 Å². The smallest absolute Gasteiger partial charge is 0.163 e. The monoisotopic (exact) mass is 415 g/mol. The molecule has 160 valence electrons. The van der Waals surface area contributed by atoms with E-state index in [2.05, 4.69) is 45.5 Å². The molecule has 1 saturated heterocycles. The first kappa shape index (κ1) is 20.1. The number of hydrogen-bond donors (Lipinski definition) is 2. The third-order valence-corrected chi connectivity index (χ3v) is 6.59. The highest BCUT2D eigenvalue weighted by Crippen LogP contribution is 2.46. The highest BCUT2D eigenvalue weighted by molar-refractivity contribution is 5.61. The number of likely N-dealkylation sites (tertiary alicyclic amines) is 1. The van der Waals surface area contributed by atoms with Gasteiger partial charge in [-0.25, -0.2) is 9.97 Å². The van der Waals surface area contributed by atoms with E-state index in [1.807, 2.05) is 18.3 Å². The molecule has 6 heteroatoms. The van der Waals surface area contributed by atoms with Gasteiger partial charge in [-0.2, -0.15) is 0 Å². The van der Waals surface area contributed by atoms with E-state index >= 15 is 0 Å². The van der Waals surface area contributed by atoms with E-state index in [9.17, 15) is 5.11 Å². The Labute approximate surface area is 183 Å². The molecule has 0 radical (unpaired) electrons. The largest absolute Gasteiger partial charge is 0.395 e. The lowest BCUT2D eigenvalue weighted by Crippen LogP contribution is -2.45. The molecule has 2 aromatic heterocycles. The van der Waals surface area contributed by atoms with Crippen LogP contribution in [0.2, 0.25) is 0 Å². The Balaban J connectivity index is 1.50. The fourth-order valence-electron chi connectivity index (χ4n) is 5.19. The van der Waals surface area contributed by atoms with Crippen molar-refractivity contribution >= 4 is 5.82 Å². The molecule has 1 unspecified atom stereocenters. The zero-order chi connectivity index (χ0) is 21.1. The van der Waals surface area contributed by atoms with Crippen LogP contribution in [0.15, 0.2) is 54.9 Å². The van der Waals surface area contributed by atoms with Gasteiger partial charge in [-0.3, -0.25) is 9.88 Å². The van der Waals surface area contributed by atoms with Gasteiger partial charge in [0.05, 0.1) is 12.3 Å². The molecule has 5 rings (SSSR count). The van der Waals surface area contributed by atoms with Crippen molar-refractivity contribution in [2.75, 3.05) is 31.6 Å². The van der Waals surface area contributed by atoms with Crippen LogP contribution in [0.25, 0.3) is 11.4 Å². The molecule has 1 atom stereocenters. The number of anilines is 1. The molecule has 0 amide bonds. The van der Waals surface area contributed by atoms with E-state index in [1.165, 1.54) is 23.2 Å². The highest BCUT2D eigenvalue weighted by Gasteiger charge is 2.44. The molecule has 2 N–H and O–H groups in total. The van der Waals surface area contributed by atoms with Crippen LogP contribution in [0, 0.1) is 0 Å². The number of nitrogens with zero attached hydrogens (tertiary/aromatic N) is 4. The summed E-state index contributed by atoms with van der Waals surface area (Å²) in [7, 11) is 0. The second-order valence-corrected chi connectivity index (χ2v) is 8.70. The second-order valence-electron chi connectivity index (χ2n) is 8.70. The van der Waals surface area contributed by atoms with Crippen molar-refractivity contribution in [1.29, 1.82) is 0 Å². The highest BCUT2D eigenvalue weighted by atomic mass is 16.3. The standard InChI is InChI=1S/C25H29N5O/c31-15-13-27-24-21-9-11-25(22(21)28-23(29-24)20-8-4-12-26-16-20)10-5-14-30(18-25)17-19-6-2-1-3-7-19/h1-4,6-8,12,16,31H,5,9-11,13-15,17-18H2,(H,27,28,29). The normalized spacial score (nSPS) is 20.7. The SMILES string of the molecule is OCCNc1nc(-c2cccnc2)nc2c1CCC21CCCN(Cc2ccccc2)C1. The number of benzene rings is 1. The van der Waals surface area contributed by atoms with Crippen LogP contribution < -0.4 is 5.32 Å². The van der Waals surface area contributed by atoms with Crippen molar-refractivity contribution in [3.05, 3.63) is 71.7 Å². The summed E-state index contributed by atoms with van der Waals surface area (Å²) >= 11 is 0. The molecular formula is C25H29N5O. The maximum absolute atomic E-state index is 9.36. The Kier molecular flexibility index (Phi) is 5.66. The molecule has 1 aliphatic heterocycles. The van der Waals surface area contributed by atoms with Gasteiger partial charge < -0.3 is 10.4 Å². The van der Waals surface area contributed by atoms with E-state index in [0.717, 1.165) is 50.3 Å². The Morgan fingerprint density at radius 2 is 1.97 bits per heavy atom. The fourth-order valence-corrected chi connectivity index (χ4v) is 5.19. The first-order chi connectivity index (χ1) is 15.3. The summed E-state index contributed by atoms with van der Waals surface area (Å²) in [5.74, 6) is 1.59. The summed E-state index contributed by atoms with van der Waals surface area (Å²) in [5, 5.41) is 12.7. The van der Waals surface area contributed by atoms with Gasteiger partial charge in [0.2, 0.25) is 0 Å². The minimum atomic E-state index is 0.0674.